The zero-order valence-electron chi connectivity index (χ0n) is 26.9. The van der Waals surface area contributed by atoms with E-state index in [-0.39, 0.29) is 29.2 Å². The van der Waals surface area contributed by atoms with E-state index in [4.69, 9.17) is 21.1 Å². The summed E-state index contributed by atoms with van der Waals surface area (Å²) < 4.78 is 82.5. The first-order valence-electron chi connectivity index (χ1n) is 16.3. The number of halogens is 4. The number of amides is 1. The molecule has 2 bridgehead atoms. The molecule has 2 aromatic carbocycles. The van der Waals surface area contributed by atoms with Crippen LogP contribution in [0.25, 0.3) is 0 Å². The van der Waals surface area contributed by atoms with Crippen LogP contribution in [0.4, 0.5) is 18.9 Å². The van der Waals surface area contributed by atoms with Gasteiger partial charge in [0.05, 0.1) is 29.6 Å². The molecule has 1 amide bonds. The summed E-state index contributed by atoms with van der Waals surface area (Å²) in [5.74, 6) is -0.988. The molecule has 1 N–H and O–H groups in total. The Bertz CT molecular complexity index is 1670. The van der Waals surface area contributed by atoms with Crippen molar-refractivity contribution in [3.05, 3.63) is 70.3 Å². The average molecular weight is 695 g/mol. The fourth-order valence-electron chi connectivity index (χ4n) is 8.20. The predicted octanol–water partition coefficient (Wildman–Crippen LogP) is 7.22. The van der Waals surface area contributed by atoms with Crippen LogP contribution in [0.15, 0.2) is 48.6 Å². The number of hydrogen-bond acceptors (Lipinski definition) is 6. The van der Waals surface area contributed by atoms with E-state index in [1.165, 1.54) is 24.1 Å². The molecular weight excluding hydrogens is 653 g/mol. The number of hydrogen-bond donors (Lipinski definition) is 1. The molecule has 2 heterocycles. The number of allylic oxidation sites excluding steroid dienone is 1. The van der Waals surface area contributed by atoms with Gasteiger partial charge in [0.2, 0.25) is 10.0 Å². The van der Waals surface area contributed by atoms with E-state index in [9.17, 15) is 26.4 Å². The number of sulfonamides is 1. The van der Waals surface area contributed by atoms with Crippen LogP contribution in [0.2, 0.25) is 5.02 Å². The van der Waals surface area contributed by atoms with Crippen LogP contribution < -0.4 is 14.4 Å². The minimum Gasteiger partial charge on any atom is -0.490 e. The van der Waals surface area contributed by atoms with Gasteiger partial charge >= 0.3 is 6.18 Å². The largest absolute Gasteiger partial charge is 0.490 e. The van der Waals surface area contributed by atoms with E-state index in [1.807, 2.05) is 29.9 Å². The zero-order chi connectivity index (χ0) is 33.8. The monoisotopic (exact) mass is 694 g/mol. The summed E-state index contributed by atoms with van der Waals surface area (Å²) in [4.78, 5) is 15.7. The maximum Gasteiger partial charge on any atom is 0.390 e. The average Bonchev–Trinajstić information content (AvgIpc) is 3.13. The number of anilines is 1. The van der Waals surface area contributed by atoms with Gasteiger partial charge < -0.3 is 14.4 Å². The number of aryl methyl sites for hydroxylation is 1. The molecule has 0 saturated heterocycles. The van der Waals surface area contributed by atoms with Crippen LogP contribution in [0, 0.1) is 17.8 Å². The molecule has 7 nitrogen and oxygen atoms in total. The van der Waals surface area contributed by atoms with Crippen molar-refractivity contribution in [3.8, 4) is 5.75 Å². The van der Waals surface area contributed by atoms with E-state index in [0.717, 1.165) is 32.1 Å². The summed E-state index contributed by atoms with van der Waals surface area (Å²) in [6.45, 7) is 5.12. The number of methoxy groups -OCH3 is 1. The molecule has 2 aliphatic heterocycles. The highest BCUT2D eigenvalue weighted by atomic mass is 35.5. The number of nitrogens with one attached hydrogen (secondary N) is 1. The van der Waals surface area contributed by atoms with Crippen LogP contribution >= 0.6 is 11.6 Å². The second-order valence-corrected chi connectivity index (χ2v) is 16.4. The topological polar surface area (TPSA) is 84.9 Å². The van der Waals surface area contributed by atoms with Crippen LogP contribution in [0.3, 0.4) is 0 Å². The summed E-state index contributed by atoms with van der Waals surface area (Å²) in [5, 5.41) is -1.18. The standard InChI is InChI=1S/C35H42ClF3N2O5S/c1-22-6-4-14-33(2,45-3)27-11-8-25(27)19-41-20-34(15-5-7-23-16-26(36)10-12-28(23)34)21-46-30-13-9-24(17-29(30)41)32(42)40-47(43,44)31(22)18-35(37,38)39/h4,9-10,12-14,16-17,22,25,27,31H,5-8,11,15,18-21H2,1-3H3,(H,40,42)/b14-4-/t22-,25-,27+,31+,33+,34-/m0/s1. The van der Waals surface area contributed by atoms with E-state index in [0.29, 0.717) is 36.2 Å². The minimum absolute atomic E-state index is 0.0324. The molecule has 1 fully saturated rings. The number of rotatable bonds is 2. The van der Waals surface area contributed by atoms with Gasteiger partial charge in [-0.1, -0.05) is 36.7 Å². The lowest BCUT2D eigenvalue weighted by atomic mass is 9.64. The van der Waals surface area contributed by atoms with E-state index < -0.39 is 45.3 Å². The van der Waals surface area contributed by atoms with E-state index in [1.54, 1.807) is 25.3 Å². The van der Waals surface area contributed by atoms with Gasteiger partial charge in [0.25, 0.3) is 5.91 Å². The van der Waals surface area contributed by atoms with Crippen molar-refractivity contribution in [2.24, 2.45) is 17.8 Å². The lowest BCUT2D eigenvalue weighted by molar-refractivity contribution is -0.136. The molecule has 0 radical (unpaired) electrons. The number of carbonyl (C=O) groups excluding carboxylic acids is 1. The highest BCUT2D eigenvalue weighted by Gasteiger charge is 2.48. The highest BCUT2D eigenvalue weighted by molar-refractivity contribution is 7.90. The Morgan fingerprint density at radius 2 is 1.96 bits per heavy atom. The SMILES string of the molecule is CO[C@]1(C)/C=C\C[C@H](C)[C@@H](CC(F)(F)F)S(=O)(=O)NC(=O)c2ccc3c(c2)N(C[C@@H]2CC[C@H]21)C[C@@]1(CCCc2cc(Cl)ccc21)CO3. The van der Waals surface area contributed by atoms with Crippen molar-refractivity contribution in [3.63, 3.8) is 0 Å². The lowest BCUT2D eigenvalue weighted by Gasteiger charge is -2.49. The molecule has 6 atom stereocenters. The van der Waals surface area contributed by atoms with Gasteiger partial charge in [-0.2, -0.15) is 13.2 Å². The molecule has 4 aliphatic rings. The quantitative estimate of drug-likeness (QED) is 0.334. The van der Waals surface area contributed by atoms with Gasteiger partial charge in [-0.3, -0.25) is 4.79 Å². The van der Waals surface area contributed by atoms with Crippen LogP contribution in [-0.2, 0) is 26.6 Å². The summed E-state index contributed by atoms with van der Waals surface area (Å²) in [5.41, 5.74) is 2.02. The summed E-state index contributed by atoms with van der Waals surface area (Å²) >= 11 is 6.39. The Morgan fingerprint density at radius 3 is 2.66 bits per heavy atom. The van der Waals surface area contributed by atoms with Crippen molar-refractivity contribution < 1.29 is 35.9 Å². The molecule has 256 valence electrons. The molecule has 47 heavy (non-hydrogen) atoms. The van der Waals surface area contributed by atoms with Gasteiger partial charge in [-0.25, -0.2) is 13.1 Å². The second-order valence-electron chi connectivity index (χ2n) is 14.1. The van der Waals surface area contributed by atoms with Gasteiger partial charge in [-0.05, 0) is 105 Å². The molecule has 12 heteroatoms. The smallest absolute Gasteiger partial charge is 0.390 e. The van der Waals surface area contributed by atoms with Crippen molar-refractivity contribution in [1.29, 1.82) is 0 Å². The van der Waals surface area contributed by atoms with E-state index in [2.05, 4.69) is 11.0 Å². The third-order valence-electron chi connectivity index (χ3n) is 11.0. The van der Waals surface area contributed by atoms with Crippen LogP contribution in [0.1, 0.15) is 73.9 Å². The number of fused-ring (bicyclic) bond motifs is 4. The Balaban J connectivity index is 1.45. The van der Waals surface area contributed by atoms with Crippen LogP contribution in [-0.4, -0.2) is 58.2 Å². The summed E-state index contributed by atoms with van der Waals surface area (Å²) in [6, 6.07) is 10.8. The van der Waals surface area contributed by atoms with Crippen molar-refractivity contribution in [2.45, 2.75) is 81.2 Å². The van der Waals surface area contributed by atoms with Crippen molar-refractivity contribution in [1.82, 2.24) is 4.72 Å². The van der Waals surface area contributed by atoms with Crippen LogP contribution in [0.5, 0.6) is 5.75 Å². The maximum atomic E-state index is 13.7. The number of nitrogens with zero attached hydrogens (tertiary/aromatic N) is 1. The first-order valence-corrected chi connectivity index (χ1v) is 18.2. The summed E-state index contributed by atoms with van der Waals surface area (Å²) in [7, 11) is -3.08. The molecule has 0 aromatic heterocycles. The Morgan fingerprint density at radius 1 is 1.17 bits per heavy atom. The molecule has 1 spiro atoms. The molecule has 1 saturated carbocycles. The maximum absolute atomic E-state index is 13.7. The third kappa shape index (κ3) is 6.77. The Labute approximate surface area is 279 Å². The van der Waals surface area contributed by atoms with Crippen molar-refractivity contribution in [2.75, 3.05) is 31.7 Å². The predicted molar refractivity (Wildman–Crippen MR) is 176 cm³/mol. The number of alkyl halides is 3. The number of carbonyl (C=O) groups is 1. The lowest BCUT2D eigenvalue weighted by Crippen LogP contribution is -2.52. The Kier molecular flexibility index (Phi) is 9.15. The highest BCUT2D eigenvalue weighted by Crippen LogP contribution is 2.49. The van der Waals surface area contributed by atoms with Gasteiger partial charge in [0.15, 0.2) is 0 Å². The zero-order valence-corrected chi connectivity index (χ0v) is 28.5. The van der Waals surface area contributed by atoms with Gasteiger partial charge in [0, 0.05) is 36.2 Å². The molecule has 0 unspecified atom stereocenters. The molecule has 6 rings (SSSR count). The number of benzene rings is 2. The Hall–Kier alpha value is -2.76. The minimum atomic E-state index is -4.75. The first kappa shape index (κ1) is 34.1. The second kappa shape index (κ2) is 12.6. The fraction of sp³-hybridized carbons (Fsp3) is 0.571. The molecule has 2 aromatic rings. The van der Waals surface area contributed by atoms with Gasteiger partial charge in [0.1, 0.15) is 5.75 Å². The normalized spacial score (nSPS) is 33.0. The van der Waals surface area contributed by atoms with Crippen molar-refractivity contribution >= 4 is 33.2 Å². The van der Waals surface area contributed by atoms with Gasteiger partial charge in [-0.15, -0.1) is 0 Å². The number of ether oxygens (including phenoxy) is 2. The third-order valence-corrected chi connectivity index (χ3v) is 13.1. The first-order chi connectivity index (χ1) is 22.1. The summed E-state index contributed by atoms with van der Waals surface area (Å²) in [6.07, 6.45) is 2.00. The molecular formula is C35H42ClF3N2O5S. The van der Waals surface area contributed by atoms with E-state index >= 15 is 0 Å². The molecule has 2 aliphatic carbocycles. The fourth-order valence-corrected chi connectivity index (χ4v) is 10.1.